The molecule has 0 unspecified atom stereocenters. The Bertz CT molecular complexity index is 776. The Hall–Kier alpha value is -1.15. The summed E-state index contributed by atoms with van der Waals surface area (Å²) in [6.45, 7) is 5.77. The van der Waals surface area contributed by atoms with Gasteiger partial charge in [0.15, 0.2) is 0 Å². The van der Waals surface area contributed by atoms with Gasteiger partial charge in [0.2, 0.25) is 10.0 Å². The molecule has 1 atom stereocenters. The number of benzene rings is 1. The van der Waals surface area contributed by atoms with Crippen molar-refractivity contribution in [2.24, 2.45) is 5.92 Å². The lowest BCUT2D eigenvalue weighted by molar-refractivity contribution is 0.0683. The first-order chi connectivity index (χ1) is 12.3. The Kier molecular flexibility index (Phi) is 5.91. The summed E-state index contributed by atoms with van der Waals surface area (Å²) in [6, 6.07) is 4.58. The fourth-order valence-corrected chi connectivity index (χ4v) is 5.48. The van der Waals surface area contributed by atoms with Gasteiger partial charge >= 0.3 is 0 Å². The van der Waals surface area contributed by atoms with Crippen LogP contribution in [0.2, 0.25) is 5.02 Å². The van der Waals surface area contributed by atoms with Gasteiger partial charge in [0.1, 0.15) is 4.90 Å². The van der Waals surface area contributed by atoms with Gasteiger partial charge in [0.25, 0.3) is 5.91 Å². The van der Waals surface area contributed by atoms with Gasteiger partial charge in [-0.3, -0.25) is 4.79 Å². The number of likely N-dealkylation sites (N-methyl/N-ethyl adjacent to an activating group) is 1. The molecule has 0 radical (unpaired) electrons. The summed E-state index contributed by atoms with van der Waals surface area (Å²) in [4.78, 5) is 16.7. The molecule has 0 N–H and O–H groups in total. The predicted octanol–water partition coefficient (Wildman–Crippen LogP) is 2.15. The lowest BCUT2D eigenvalue weighted by Crippen LogP contribution is -2.47. The average molecular weight is 400 g/mol. The van der Waals surface area contributed by atoms with E-state index in [0.717, 1.165) is 12.8 Å². The van der Waals surface area contributed by atoms with Crippen molar-refractivity contribution in [2.45, 2.75) is 24.7 Å². The molecule has 1 amide bonds. The Morgan fingerprint density at radius 2 is 1.85 bits per heavy atom. The second-order valence-corrected chi connectivity index (χ2v) is 9.66. The van der Waals surface area contributed by atoms with Gasteiger partial charge in [-0.25, -0.2) is 8.42 Å². The monoisotopic (exact) mass is 399 g/mol. The zero-order chi connectivity index (χ0) is 18.9. The number of nitrogens with zero attached hydrogens (tertiary/aromatic N) is 3. The number of rotatable bonds is 3. The van der Waals surface area contributed by atoms with E-state index in [1.807, 2.05) is 11.9 Å². The quantitative estimate of drug-likeness (QED) is 0.781. The highest BCUT2D eigenvalue weighted by Crippen LogP contribution is 2.28. The first-order valence-corrected chi connectivity index (χ1v) is 10.9. The minimum absolute atomic E-state index is 0.0274. The summed E-state index contributed by atoms with van der Waals surface area (Å²) in [5, 5.41) is 0.160. The molecule has 2 aliphatic rings. The van der Waals surface area contributed by atoms with Crippen LogP contribution in [0.15, 0.2) is 23.1 Å². The Morgan fingerprint density at radius 1 is 1.15 bits per heavy atom. The minimum atomic E-state index is -3.71. The van der Waals surface area contributed by atoms with E-state index in [4.69, 9.17) is 11.6 Å². The van der Waals surface area contributed by atoms with E-state index in [2.05, 4.69) is 11.8 Å². The molecule has 2 fully saturated rings. The number of carbonyl (C=O) groups is 1. The molecule has 26 heavy (non-hydrogen) atoms. The molecule has 144 valence electrons. The summed E-state index contributed by atoms with van der Waals surface area (Å²) in [6.07, 6.45) is 2.10. The molecule has 6 nitrogen and oxygen atoms in total. The van der Waals surface area contributed by atoms with E-state index >= 15 is 0 Å². The van der Waals surface area contributed by atoms with Crippen molar-refractivity contribution in [3.63, 3.8) is 0 Å². The molecule has 1 aromatic rings. The van der Waals surface area contributed by atoms with Gasteiger partial charge in [-0.05, 0) is 44.0 Å². The van der Waals surface area contributed by atoms with Gasteiger partial charge in [-0.2, -0.15) is 4.31 Å². The highest BCUT2D eigenvalue weighted by molar-refractivity contribution is 7.89. The number of carbonyl (C=O) groups excluding carboxylic acids is 1. The van der Waals surface area contributed by atoms with Crippen molar-refractivity contribution in [3.8, 4) is 0 Å². The van der Waals surface area contributed by atoms with Gasteiger partial charge < -0.3 is 9.80 Å². The van der Waals surface area contributed by atoms with Crippen molar-refractivity contribution < 1.29 is 13.2 Å². The molecule has 0 bridgehead atoms. The van der Waals surface area contributed by atoms with E-state index in [0.29, 0.717) is 50.7 Å². The minimum Gasteiger partial charge on any atom is -0.338 e. The molecule has 3 rings (SSSR count). The van der Waals surface area contributed by atoms with Gasteiger partial charge in [0, 0.05) is 44.8 Å². The lowest BCUT2D eigenvalue weighted by Gasteiger charge is -2.32. The van der Waals surface area contributed by atoms with Crippen molar-refractivity contribution in [3.05, 3.63) is 28.8 Å². The molecule has 1 aromatic carbocycles. The second-order valence-electron chi connectivity index (χ2n) is 7.35. The SMILES string of the molecule is C[C@@H]1CCCN(C(=O)c2ccc(Cl)c(S(=O)(=O)N3CCN(C)CC3)c2)C1. The molecular weight excluding hydrogens is 374 g/mol. The standard InChI is InChI=1S/C18H26ClN3O3S/c1-14-4-3-7-21(13-14)18(23)15-5-6-16(19)17(12-15)26(24,25)22-10-8-20(2)9-11-22/h5-6,12,14H,3-4,7-11,13H2,1-2H3/t14-/m1/s1. The Morgan fingerprint density at radius 3 is 2.50 bits per heavy atom. The van der Waals surface area contributed by atoms with Crippen LogP contribution in [0.25, 0.3) is 0 Å². The van der Waals surface area contributed by atoms with Crippen molar-refractivity contribution in [1.82, 2.24) is 14.1 Å². The van der Waals surface area contributed by atoms with Crippen LogP contribution >= 0.6 is 11.6 Å². The zero-order valence-corrected chi connectivity index (χ0v) is 16.9. The molecule has 8 heteroatoms. The van der Waals surface area contributed by atoms with Crippen molar-refractivity contribution in [1.29, 1.82) is 0 Å². The predicted molar refractivity (Wildman–Crippen MR) is 102 cm³/mol. The molecule has 0 saturated carbocycles. The van der Waals surface area contributed by atoms with E-state index in [-0.39, 0.29) is 15.8 Å². The smallest absolute Gasteiger partial charge is 0.253 e. The topological polar surface area (TPSA) is 60.9 Å². The van der Waals surface area contributed by atoms with Gasteiger partial charge in [0.05, 0.1) is 5.02 Å². The largest absolute Gasteiger partial charge is 0.338 e. The number of sulfonamides is 1. The highest BCUT2D eigenvalue weighted by Gasteiger charge is 2.31. The van der Waals surface area contributed by atoms with Gasteiger partial charge in [-0.1, -0.05) is 18.5 Å². The fraction of sp³-hybridized carbons (Fsp3) is 0.611. The number of hydrogen-bond donors (Lipinski definition) is 0. The van der Waals surface area contributed by atoms with Crippen LogP contribution in [0.4, 0.5) is 0 Å². The fourth-order valence-electron chi connectivity index (χ4n) is 3.56. The maximum Gasteiger partial charge on any atom is 0.253 e. The van der Waals surface area contributed by atoms with Crippen LogP contribution in [0, 0.1) is 5.92 Å². The molecule has 0 aliphatic carbocycles. The lowest BCUT2D eigenvalue weighted by atomic mass is 9.99. The molecule has 2 heterocycles. The van der Waals surface area contributed by atoms with E-state index < -0.39 is 10.0 Å². The number of likely N-dealkylation sites (tertiary alicyclic amines) is 1. The average Bonchev–Trinajstić information content (AvgIpc) is 2.62. The van der Waals surface area contributed by atoms with Crippen molar-refractivity contribution >= 4 is 27.5 Å². The van der Waals surface area contributed by atoms with E-state index in [1.165, 1.54) is 16.4 Å². The summed E-state index contributed by atoms with van der Waals surface area (Å²) in [5.41, 5.74) is 0.385. The van der Waals surface area contributed by atoms with E-state index in [1.54, 1.807) is 6.07 Å². The second kappa shape index (κ2) is 7.84. The molecule has 2 aliphatic heterocycles. The number of halogens is 1. The Balaban J connectivity index is 1.86. The third-order valence-electron chi connectivity index (χ3n) is 5.20. The number of piperazine rings is 1. The maximum atomic E-state index is 13.0. The number of amides is 1. The van der Waals surface area contributed by atoms with Crippen LogP contribution in [0.5, 0.6) is 0 Å². The summed E-state index contributed by atoms with van der Waals surface area (Å²) in [7, 11) is -1.74. The first kappa shape index (κ1) is 19.6. The van der Waals surface area contributed by atoms with Crippen LogP contribution in [-0.4, -0.2) is 74.7 Å². The third-order valence-corrected chi connectivity index (χ3v) is 7.58. The number of piperidine rings is 1. The van der Waals surface area contributed by atoms with Crippen LogP contribution in [0.1, 0.15) is 30.1 Å². The van der Waals surface area contributed by atoms with Gasteiger partial charge in [-0.15, -0.1) is 0 Å². The summed E-state index contributed by atoms with van der Waals surface area (Å²) >= 11 is 6.20. The molecule has 0 aromatic heterocycles. The van der Waals surface area contributed by atoms with Crippen LogP contribution in [0.3, 0.4) is 0 Å². The molecular formula is C18H26ClN3O3S. The third kappa shape index (κ3) is 4.06. The first-order valence-electron chi connectivity index (χ1n) is 9.06. The molecule has 2 saturated heterocycles. The van der Waals surface area contributed by atoms with Crippen LogP contribution in [-0.2, 0) is 10.0 Å². The maximum absolute atomic E-state index is 13.0. The van der Waals surface area contributed by atoms with Crippen molar-refractivity contribution in [2.75, 3.05) is 46.3 Å². The summed E-state index contributed by atoms with van der Waals surface area (Å²) in [5.74, 6) is 0.344. The van der Waals surface area contributed by atoms with E-state index in [9.17, 15) is 13.2 Å². The molecule has 0 spiro atoms. The highest BCUT2D eigenvalue weighted by atomic mass is 35.5. The Labute approximate surface area is 160 Å². The normalized spacial score (nSPS) is 23.2. The van der Waals surface area contributed by atoms with Crippen LogP contribution < -0.4 is 0 Å². The zero-order valence-electron chi connectivity index (χ0n) is 15.3. The number of hydrogen-bond acceptors (Lipinski definition) is 4. The summed E-state index contributed by atoms with van der Waals surface area (Å²) < 4.78 is 27.5.